The maximum Gasteiger partial charge on any atom is 0.359 e. The van der Waals surface area contributed by atoms with Crippen molar-refractivity contribution in [2.75, 3.05) is 75.7 Å². The minimum Gasteiger partial charge on any atom is -0.375 e. The second kappa shape index (κ2) is 24.2. The molecule has 0 fully saturated rings. The number of aromatic nitrogens is 2. The smallest absolute Gasteiger partial charge is 0.359 e. The van der Waals surface area contributed by atoms with Crippen molar-refractivity contribution in [1.82, 2.24) is 14.8 Å². The van der Waals surface area contributed by atoms with E-state index in [0.29, 0.717) is 25.9 Å². The fourth-order valence-corrected chi connectivity index (χ4v) is 8.08. The predicted octanol–water partition coefficient (Wildman–Crippen LogP) is 8.74. The van der Waals surface area contributed by atoms with E-state index in [1.54, 1.807) is 40.9 Å². The molecule has 2 aromatic heterocycles. The van der Waals surface area contributed by atoms with Crippen molar-refractivity contribution in [3.63, 3.8) is 0 Å². The molecule has 0 bridgehead atoms. The van der Waals surface area contributed by atoms with Crippen molar-refractivity contribution < 1.29 is 22.9 Å². The molecule has 304 valence electrons. The fourth-order valence-electron chi connectivity index (χ4n) is 5.91. The van der Waals surface area contributed by atoms with Crippen LogP contribution in [0.15, 0.2) is 85.2 Å². The van der Waals surface area contributed by atoms with Crippen molar-refractivity contribution in [1.29, 1.82) is 0 Å². The Balaban J connectivity index is 0.987. The van der Waals surface area contributed by atoms with E-state index >= 15 is 0 Å². The molecule has 12 heteroatoms. The van der Waals surface area contributed by atoms with Gasteiger partial charge in [-0.15, -0.1) is 4.39 Å². The minimum absolute atomic E-state index is 0.173. The minimum atomic E-state index is -0.491. The van der Waals surface area contributed by atoms with E-state index in [9.17, 15) is 18.4 Å². The van der Waals surface area contributed by atoms with Crippen LogP contribution in [-0.4, -0.2) is 92.5 Å². The van der Waals surface area contributed by atoms with Crippen LogP contribution in [0.3, 0.4) is 0 Å². The highest BCUT2D eigenvalue weighted by Gasteiger charge is 2.11. The summed E-state index contributed by atoms with van der Waals surface area (Å²) in [6.07, 6.45) is 15.4. The molecular weight excluding hydrogens is 759 g/mol. The molecule has 2 aromatic carbocycles. The van der Waals surface area contributed by atoms with Crippen molar-refractivity contribution in [2.24, 2.45) is 7.05 Å². The van der Waals surface area contributed by atoms with Gasteiger partial charge < -0.3 is 19.6 Å². The molecule has 0 saturated carbocycles. The highest BCUT2D eigenvalue weighted by Crippen LogP contribution is 2.24. The third-order valence-corrected chi connectivity index (χ3v) is 12.2. The zero-order valence-electron chi connectivity index (χ0n) is 33.9. The summed E-state index contributed by atoms with van der Waals surface area (Å²) in [5.41, 5.74) is 5.86. The molecule has 0 aliphatic rings. The van der Waals surface area contributed by atoms with Gasteiger partial charge in [0.15, 0.2) is 6.20 Å². The van der Waals surface area contributed by atoms with Crippen LogP contribution < -0.4 is 14.4 Å². The molecule has 4 aromatic rings. The molecule has 2 amide bonds. The largest absolute Gasteiger partial charge is 0.375 e. The Kier molecular flexibility index (Phi) is 19.1. The third-order valence-electron chi connectivity index (χ3n) is 9.61. The van der Waals surface area contributed by atoms with Crippen LogP contribution in [0.1, 0.15) is 60.8 Å². The van der Waals surface area contributed by atoms with Gasteiger partial charge in [0.1, 0.15) is 7.05 Å². The highest BCUT2D eigenvalue weighted by atomic mass is 33.1. The topological polar surface area (TPSA) is 63.9 Å². The van der Waals surface area contributed by atoms with Gasteiger partial charge in [0, 0.05) is 114 Å². The van der Waals surface area contributed by atoms with E-state index in [-0.39, 0.29) is 17.8 Å². The number of amides is 2. The summed E-state index contributed by atoms with van der Waals surface area (Å²) in [5, 5.41) is 0. The monoisotopic (exact) mass is 815 g/mol. The lowest BCUT2D eigenvalue weighted by atomic mass is 10.1. The summed E-state index contributed by atoms with van der Waals surface area (Å²) in [5.74, 6) is 1.40. The van der Waals surface area contributed by atoms with E-state index in [2.05, 4.69) is 65.3 Å². The zero-order chi connectivity index (χ0) is 41.0. The number of aryl methyl sites for hydroxylation is 1. The van der Waals surface area contributed by atoms with E-state index in [1.165, 1.54) is 22.9 Å². The quantitative estimate of drug-likeness (QED) is 0.0321. The van der Waals surface area contributed by atoms with Gasteiger partial charge in [0.25, 0.3) is 0 Å². The van der Waals surface area contributed by atoms with Crippen LogP contribution in [0.2, 0.25) is 0 Å². The SMILES string of the molecule is CN(CCCN(C)c1ccc(C=Cc2ccnc(F)c2)cc1)C(=O)CCCSSCCCC(=O)N(C)CCCN(C)c1ccc(C=Cc2cc[n+](C)c(F)c2)cc1. The van der Waals surface area contributed by atoms with Crippen molar-refractivity contribution in [3.8, 4) is 0 Å². The molecule has 2 heterocycles. The first-order valence-corrected chi connectivity index (χ1v) is 21.9. The number of carbonyl (C=O) groups is 2. The van der Waals surface area contributed by atoms with Crippen LogP contribution in [0.4, 0.5) is 20.2 Å². The lowest BCUT2D eigenvalue weighted by Crippen LogP contribution is -2.32. The Bertz CT molecular complexity index is 1910. The number of anilines is 2. The maximum absolute atomic E-state index is 13.8. The van der Waals surface area contributed by atoms with Gasteiger partial charge in [-0.2, -0.15) is 8.96 Å². The number of pyridine rings is 2. The average molecular weight is 816 g/mol. The number of benzene rings is 2. The molecule has 0 unspecified atom stereocenters. The van der Waals surface area contributed by atoms with Crippen molar-refractivity contribution in [3.05, 3.63) is 119 Å². The van der Waals surface area contributed by atoms with Crippen molar-refractivity contribution >= 4 is 69.1 Å². The molecule has 0 radical (unpaired) electrons. The molecule has 0 aliphatic heterocycles. The van der Waals surface area contributed by atoms with Crippen LogP contribution in [0.5, 0.6) is 0 Å². The Labute approximate surface area is 346 Å². The van der Waals surface area contributed by atoms with Crippen LogP contribution in [0.25, 0.3) is 24.3 Å². The standard InChI is InChI=1S/C45H57F2N6O2S2/c1-49(40-20-16-36(17-21-40)12-14-38-24-26-48-42(46)34-38)27-8-29-52(4)44(54)10-6-32-56-57-33-7-11-45(55)53(5)30-9-28-50(2)41-22-18-37(19-23-41)13-15-39-25-31-51(3)43(47)35-39/h12-26,31,34-35H,6-11,27-30,32-33H2,1-5H3/q+1. The summed E-state index contributed by atoms with van der Waals surface area (Å²) in [4.78, 5) is 37.0. The molecular formula is C45H57F2N6O2S2+. The second-order valence-corrected chi connectivity index (χ2v) is 16.9. The van der Waals surface area contributed by atoms with Gasteiger partial charge in [0.05, 0.1) is 0 Å². The lowest BCUT2D eigenvalue weighted by Gasteiger charge is -2.22. The molecule has 57 heavy (non-hydrogen) atoms. The molecule has 8 nitrogen and oxygen atoms in total. The van der Waals surface area contributed by atoms with E-state index in [0.717, 1.165) is 83.9 Å². The van der Waals surface area contributed by atoms with Crippen LogP contribution in [-0.2, 0) is 16.6 Å². The normalized spacial score (nSPS) is 11.4. The fraction of sp³-hybridized carbons (Fsp3) is 0.378. The van der Waals surface area contributed by atoms with Gasteiger partial charge in [-0.05, 0) is 78.3 Å². The first-order valence-electron chi connectivity index (χ1n) is 19.5. The number of nitrogens with zero attached hydrogens (tertiary/aromatic N) is 6. The second-order valence-electron chi connectivity index (χ2n) is 14.2. The third kappa shape index (κ3) is 16.4. The maximum atomic E-state index is 13.8. The highest BCUT2D eigenvalue weighted by molar-refractivity contribution is 8.76. The molecule has 4 rings (SSSR count). The predicted molar refractivity (Wildman–Crippen MR) is 237 cm³/mol. The van der Waals surface area contributed by atoms with Crippen LogP contribution in [0, 0.1) is 11.9 Å². The van der Waals surface area contributed by atoms with Gasteiger partial charge in [-0.1, -0.05) is 70.2 Å². The number of rotatable bonds is 23. The molecule has 0 N–H and O–H groups in total. The summed E-state index contributed by atoms with van der Waals surface area (Å²) in [7, 11) is 13.1. The number of carbonyl (C=O) groups excluding carboxylic acids is 2. The first kappa shape index (κ1) is 45.0. The van der Waals surface area contributed by atoms with Gasteiger partial charge >= 0.3 is 5.95 Å². The van der Waals surface area contributed by atoms with Crippen molar-refractivity contribution in [2.45, 2.75) is 38.5 Å². The Hall–Kier alpha value is -4.68. The molecule has 0 atom stereocenters. The number of hydrogen-bond donors (Lipinski definition) is 0. The zero-order valence-corrected chi connectivity index (χ0v) is 35.6. The van der Waals surface area contributed by atoms with Crippen LogP contribution >= 0.6 is 21.6 Å². The summed E-state index contributed by atoms with van der Waals surface area (Å²) >= 11 is 0. The van der Waals surface area contributed by atoms with Gasteiger partial charge in [-0.25, -0.2) is 4.98 Å². The lowest BCUT2D eigenvalue weighted by molar-refractivity contribution is -0.700. The van der Waals surface area contributed by atoms with E-state index in [4.69, 9.17) is 0 Å². The molecule has 0 saturated heterocycles. The molecule has 0 spiro atoms. The first-order chi connectivity index (χ1) is 27.5. The van der Waals surface area contributed by atoms with E-state index in [1.807, 2.05) is 66.4 Å². The Morgan fingerprint density at radius 1 is 0.614 bits per heavy atom. The average Bonchev–Trinajstić information content (AvgIpc) is 3.21. The molecule has 0 aliphatic carbocycles. The van der Waals surface area contributed by atoms with E-state index < -0.39 is 5.95 Å². The summed E-state index contributed by atoms with van der Waals surface area (Å²) in [6.45, 7) is 3.09. The van der Waals surface area contributed by atoms with Gasteiger partial charge in [0.2, 0.25) is 17.8 Å². The summed E-state index contributed by atoms with van der Waals surface area (Å²) in [6, 6.07) is 23.0. The van der Waals surface area contributed by atoms with Gasteiger partial charge in [-0.3, -0.25) is 9.59 Å². The Morgan fingerprint density at radius 3 is 1.53 bits per heavy atom. The Morgan fingerprint density at radius 2 is 1.07 bits per heavy atom. The summed E-state index contributed by atoms with van der Waals surface area (Å²) < 4.78 is 28.5. The number of halogens is 2. The number of hydrogen-bond acceptors (Lipinski definition) is 7.